The molecule has 3 amide bonds. The van der Waals surface area contributed by atoms with Crippen LogP contribution < -0.4 is 0 Å². The molecule has 0 unspecified atom stereocenters. The Hall–Kier alpha value is -2.82. The molecule has 0 spiro atoms. The molecule has 2 heterocycles. The van der Waals surface area contributed by atoms with Gasteiger partial charge in [-0.3, -0.25) is 19.2 Å². The summed E-state index contributed by atoms with van der Waals surface area (Å²) in [5.41, 5.74) is 1.23. The van der Waals surface area contributed by atoms with Crippen molar-refractivity contribution in [2.24, 2.45) is 29.6 Å². The van der Waals surface area contributed by atoms with Crippen LogP contribution in [0.4, 0.5) is 0 Å². The van der Waals surface area contributed by atoms with Crippen LogP contribution >= 0.6 is 0 Å². The fraction of sp³-hybridized carbons (Fsp3) is 0.762. The number of benzene rings is 1. The average molecular weight is 728 g/mol. The van der Waals surface area contributed by atoms with Gasteiger partial charge in [0.15, 0.2) is 0 Å². The number of rotatable bonds is 20. The lowest BCUT2D eigenvalue weighted by atomic mass is 9.84. The van der Waals surface area contributed by atoms with Crippen LogP contribution in [0.3, 0.4) is 0 Å². The van der Waals surface area contributed by atoms with E-state index in [1.807, 2.05) is 50.8 Å². The first-order valence-corrected chi connectivity index (χ1v) is 19.8. The second kappa shape index (κ2) is 21.2. The van der Waals surface area contributed by atoms with E-state index in [4.69, 9.17) is 14.2 Å². The van der Waals surface area contributed by atoms with E-state index in [-0.39, 0.29) is 78.2 Å². The number of amides is 3. The van der Waals surface area contributed by atoms with Crippen LogP contribution in [0.15, 0.2) is 30.3 Å². The highest BCUT2D eigenvalue weighted by Crippen LogP contribution is 2.32. The molecule has 3 rings (SSSR count). The Labute approximate surface area is 314 Å². The molecule has 2 fully saturated rings. The molecule has 0 radical (unpaired) electrons. The van der Waals surface area contributed by atoms with Crippen LogP contribution in [0.1, 0.15) is 99.0 Å². The van der Waals surface area contributed by atoms with E-state index < -0.39 is 18.1 Å². The number of Topliss-reactive ketones (excluding diaryl/α,β-unsaturated/α-hetero) is 1. The first kappa shape index (κ1) is 43.6. The van der Waals surface area contributed by atoms with E-state index in [9.17, 15) is 19.2 Å². The molecule has 1 aromatic carbocycles. The summed E-state index contributed by atoms with van der Waals surface area (Å²) in [7, 11) is 5.04. The number of likely N-dealkylation sites (tertiary alicyclic amines) is 1. The minimum Gasteiger partial charge on any atom is -0.379 e. The topological polar surface area (TPSA) is 106 Å². The first-order chi connectivity index (χ1) is 24.8. The lowest BCUT2D eigenvalue weighted by Crippen LogP contribution is -2.54. The lowest BCUT2D eigenvalue weighted by molar-refractivity contribution is -0.151. The van der Waals surface area contributed by atoms with Gasteiger partial charge in [-0.15, -0.1) is 0 Å². The van der Waals surface area contributed by atoms with Gasteiger partial charge in [0, 0.05) is 65.6 Å². The molecule has 2 aliphatic heterocycles. The summed E-state index contributed by atoms with van der Waals surface area (Å²) in [6, 6.07) is 9.71. The maximum absolute atomic E-state index is 14.2. The Morgan fingerprint density at radius 1 is 0.923 bits per heavy atom. The average Bonchev–Trinajstić information content (AvgIpc) is 3.62. The minimum atomic E-state index is -0.551. The molecule has 52 heavy (non-hydrogen) atoms. The van der Waals surface area contributed by atoms with Gasteiger partial charge in [0.05, 0.1) is 43.4 Å². The molecule has 2 saturated heterocycles. The van der Waals surface area contributed by atoms with Gasteiger partial charge >= 0.3 is 0 Å². The van der Waals surface area contributed by atoms with Crippen molar-refractivity contribution in [3.8, 4) is 0 Å². The van der Waals surface area contributed by atoms with Gasteiger partial charge in [-0.1, -0.05) is 84.7 Å². The van der Waals surface area contributed by atoms with Crippen molar-refractivity contribution in [3.63, 3.8) is 0 Å². The van der Waals surface area contributed by atoms with Crippen LogP contribution in [0, 0.1) is 29.6 Å². The second-order valence-electron chi connectivity index (χ2n) is 15.8. The highest BCUT2D eigenvalue weighted by molar-refractivity contribution is 5.86. The van der Waals surface area contributed by atoms with E-state index in [2.05, 4.69) is 32.9 Å². The Morgan fingerprint density at radius 3 is 2.19 bits per heavy atom. The van der Waals surface area contributed by atoms with Crippen LogP contribution in [0.5, 0.6) is 0 Å². The molecule has 0 N–H and O–H groups in total. The largest absolute Gasteiger partial charge is 0.379 e. The number of nitrogens with zero attached hydrogens (tertiary/aromatic N) is 3. The number of ether oxygens (including phenoxy) is 3. The third kappa shape index (κ3) is 11.6. The maximum atomic E-state index is 14.2. The zero-order valence-corrected chi connectivity index (χ0v) is 33.8. The number of likely N-dealkylation sites (N-methyl/N-ethyl adjacent to an activating group) is 1. The minimum absolute atomic E-state index is 0.0280. The second-order valence-corrected chi connectivity index (χ2v) is 15.8. The highest BCUT2D eigenvalue weighted by Gasteiger charge is 2.43. The number of ketones is 1. The predicted octanol–water partition coefficient (Wildman–Crippen LogP) is 6.04. The van der Waals surface area contributed by atoms with Crippen molar-refractivity contribution in [1.82, 2.24) is 14.7 Å². The summed E-state index contributed by atoms with van der Waals surface area (Å²) in [6.45, 7) is 16.3. The summed E-state index contributed by atoms with van der Waals surface area (Å²) in [5, 5.41) is 0. The molecule has 0 aromatic heterocycles. The zero-order chi connectivity index (χ0) is 38.5. The molecule has 0 saturated carbocycles. The number of morpholine rings is 1. The van der Waals surface area contributed by atoms with E-state index in [1.165, 1.54) is 5.56 Å². The van der Waals surface area contributed by atoms with Crippen LogP contribution in [0.2, 0.25) is 0 Å². The van der Waals surface area contributed by atoms with E-state index >= 15 is 0 Å². The normalized spacial score (nSPS) is 22.0. The first-order valence-electron chi connectivity index (χ1n) is 19.8. The number of methoxy groups -OCH3 is 2. The lowest BCUT2D eigenvalue weighted by Gasteiger charge is -2.41. The maximum Gasteiger partial charge on any atom is 0.226 e. The van der Waals surface area contributed by atoms with Gasteiger partial charge in [-0.05, 0) is 49.5 Å². The molecule has 2 aliphatic rings. The standard InChI is InChI=1S/C42H69N3O7/c1-11-29(5)40(43(8)42(49)34(28(3)4)25-38(47)44-21-22-52-30(6)27-44)37(50-9)26-39(48)45-20-16-19-35(45)41(51-10)31(7)36(46)24-32(12-2)23-33-17-14-13-15-18-33/h13-15,17-18,28-32,34-35,37,40-41H,11-12,16,19-27H2,1-10H3/t29-,30-,31-,32+,34-,35-,37+,40-,41+/m0/s1. The van der Waals surface area contributed by atoms with Gasteiger partial charge in [0.2, 0.25) is 17.7 Å². The smallest absolute Gasteiger partial charge is 0.226 e. The molecule has 10 nitrogen and oxygen atoms in total. The van der Waals surface area contributed by atoms with Gasteiger partial charge in [-0.25, -0.2) is 0 Å². The number of hydrogen-bond acceptors (Lipinski definition) is 7. The van der Waals surface area contributed by atoms with E-state index in [0.29, 0.717) is 32.7 Å². The number of carbonyl (C=O) groups is 4. The fourth-order valence-corrected chi connectivity index (χ4v) is 8.35. The van der Waals surface area contributed by atoms with Gasteiger partial charge in [0.25, 0.3) is 0 Å². The summed E-state index contributed by atoms with van der Waals surface area (Å²) >= 11 is 0. The molecule has 10 heteroatoms. The molecule has 0 bridgehead atoms. The van der Waals surface area contributed by atoms with Crippen molar-refractivity contribution in [2.45, 2.75) is 130 Å². The van der Waals surface area contributed by atoms with Crippen molar-refractivity contribution in [3.05, 3.63) is 35.9 Å². The molecule has 294 valence electrons. The van der Waals surface area contributed by atoms with Gasteiger partial charge in [0.1, 0.15) is 5.78 Å². The Balaban J connectivity index is 1.73. The van der Waals surface area contributed by atoms with Crippen molar-refractivity contribution >= 4 is 23.5 Å². The van der Waals surface area contributed by atoms with E-state index in [1.54, 1.807) is 31.1 Å². The monoisotopic (exact) mass is 728 g/mol. The Morgan fingerprint density at radius 2 is 1.62 bits per heavy atom. The summed E-state index contributed by atoms with van der Waals surface area (Å²) in [4.78, 5) is 61.0. The van der Waals surface area contributed by atoms with Gasteiger partial charge < -0.3 is 28.9 Å². The predicted molar refractivity (Wildman–Crippen MR) is 205 cm³/mol. The summed E-state index contributed by atoms with van der Waals surface area (Å²) in [6.07, 6.45) is 3.87. The van der Waals surface area contributed by atoms with Gasteiger partial charge in [-0.2, -0.15) is 0 Å². The highest BCUT2D eigenvalue weighted by atomic mass is 16.5. The summed E-state index contributed by atoms with van der Waals surface area (Å²) < 4.78 is 17.7. The zero-order valence-electron chi connectivity index (χ0n) is 33.8. The van der Waals surface area contributed by atoms with Crippen molar-refractivity contribution in [1.29, 1.82) is 0 Å². The number of hydrogen-bond donors (Lipinski definition) is 0. The Bertz CT molecular complexity index is 1280. The molecule has 1 aromatic rings. The Kier molecular flexibility index (Phi) is 17.7. The summed E-state index contributed by atoms with van der Waals surface area (Å²) in [5.74, 6) is -0.656. The third-order valence-electron chi connectivity index (χ3n) is 11.9. The fourth-order valence-electron chi connectivity index (χ4n) is 8.35. The van der Waals surface area contributed by atoms with Crippen molar-refractivity contribution < 1.29 is 33.4 Å². The molecule has 0 aliphatic carbocycles. The third-order valence-corrected chi connectivity index (χ3v) is 11.9. The van der Waals surface area contributed by atoms with Crippen LogP contribution in [-0.2, 0) is 39.8 Å². The molecular formula is C42H69N3O7. The SMILES string of the molecule is CC[C@@H](CC(=O)[C@H](C)[C@@H](OC)[C@@H]1CCCN1C(=O)C[C@@H](OC)[C@H]([C@@H](C)CC)N(C)C(=O)[C@@H](CC(=O)N1CCO[C@@H](C)C1)C(C)C)Cc1ccccc1. The quantitative estimate of drug-likeness (QED) is 0.161. The molecule has 9 atom stereocenters. The van der Waals surface area contributed by atoms with Crippen LogP contribution in [0.25, 0.3) is 0 Å². The van der Waals surface area contributed by atoms with E-state index in [0.717, 1.165) is 32.1 Å². The molecular weight excluding hydrogens is 658 g/mol. The van der Waals surface area contributed by atoms with Crippen LogP contribution in [-0.4, -0.2) is 116 Å². The number of carbonyl (C=O) groups excluding carboxylic acids is 4. The van der Waals surface area contributed by atoms with Crippen molar-refractivity contribution in [2.75, 3.05) is 47.5 Å².